The van der Waals surface area contributed by atoms with Crippen molar-refractivity contribution in [3.05, 3.63) is 10.6 Å². The Morgan fingerprint density at radius 3 is 2.60 bits per heavy atom. The van der Waals surface area contributed by atoms with Crippen LogP contribution in [0.3, 0.4) is 0 Å². The molecule has 2 amide bonds. The monoisotopic (exact) mass is 455 g/mol. The second-order valence-electron chi connectivity index (χ2n) is 8.41. The predicted octanol–water partition coefficient (Wildman–Crippen LogP) is 1.11. The third-order valence-electron chi connectivity index (χ3n) is 4.95. The third kappa shape index (κ3) is 4.36. The summed E-state index contributed by atoms with van der Waals surface area (Å²) < 4.78 is 4.57. The molecular weight excluding hydrogens is 430 g/mol. The largest absolute Gasteiger partial charge is 0.477 e. The first-order valence-electron chi connectivity index (χ1n) is 9.45. The summed E-state index contributed by atoms with van der Waals surface area (Å²) in [5.74, 6) is -2.61. The van der Waals surface area contributed by atoms with Crippen LogP contribution in [0.1, 0.15) is 34.6 Å². The van der Waals surface area contributed by atoms with Crippen LogP contribution in [0.2, 0.25) is 0 Å². The molecule has 1 saturated heterocycles. The zero-order chi connectivity index (χ0) is 22.4. The highest BCUT2D eigenvalue weighted by molar-refractivity contribution is 8.04. The van der Waals surface area contributed by atoms with Crippen molar-refractivity contribution in [3.63, 3.8) is 0 Å². The van der Waals surface area contributed by atoms with E-state index in [4.69, 9.17) is 0 Å². The van der Waals surface area contributed by atoms with Gasteiger partial charge in [0.1, 0.15) is 5.70 Å². The van der Waals surface area contributed by atoms with Crippen molar-refractivity contribution < 1.29 is 24.6 Å². The van der Waals surface area contributed by atoms with Gasteiger partial charge in [0, 0.05) is 16.4 Å². The van der Waals surface area contributed by atoms with E-state index in [1.54, 1.807) is 0 Å². The number of aromatic nitrogens is 2. The number of carboxylic acid groups (broad SMARTS) is 1. The first-order valence-corrected chi connectivity index (χ1v) is 11.0. The van der Waals surface area contributed by atoms with Gasteiger partial charge in [-0.05, 0) is 39.2 Å². The van der Waals surface area contributed by atoms with Crippen molar-refractivity contribution >= 4 is 47.0 Å². The van der Waals surface area contributed by atoms with Crippen LogP contribution in [0.4, 0.5) is 5.95 Å². The summed E-state index contributed by atoms with van der Waals surface area (Å²) in [5.41, 5.74) is -0.281. The van der Waals surface area contributed by atoms with Gasteiger partial charge in [0.05, 0.1) is 24.6 Å². The molecule has 0 saturated carbocycles. The molecule has 0 radical (unpaired) electrons. The second kappa shape index (κ2) is 8.25. The number of carbonyl (C=O) groups is 3. The maximum absolute atomic E-state index is 12.4. The average Bonchev–Trinajstić information content (AvgIpc) is 3.14. The maximum atomic E-state index is 12.4. The number of nitrogens with zero attached hydrogens (tertiary/aromatic N) is 3. The minimum Gasteiger partial charge on any atom is -0.477 e. The number of rotatable bonds is 7. The Balaban J connectivity index is 1.73. The molecule has 0 aromatic carbocycles. The summed E-state index contributed by atoms with van der Waals surface area (Å²) in [4.78, 5) is 42.3. The Morgan fingerprint density at radius 2 is 2.03 bits per heavy atom. The van der Waals surface area contributed by atoms with Gasteiger partial charge in [-0.25, -0.2) is 4.79 Å². The summed E-state index contributed by atoms with van der Waals surface area (Å²) >= 11 is 2.16. The molecule has 2 aliphatic rings. The fourth-order valence-corrected chi connectivity index (χ4v) is 5.40. The quantitative estimate of drug-likeness (QED) is 0.444. The van der Waals surface area contributed by atoms with Gasteiger partial charge in [-0.2, -0.15) is 9.36 Å². The number of aliphatic carboxylic acids is 1. The molecule has 10 nitrogen and oxygen atoms in total. The highest BCUT2D eigenvalue weighted by Crippen LogP contribution is 2.52. The van der Waals surface area contributed by atoms with Crippen molar-refractivity contribution in [2.24, 2.45) is 11.8 Å². The number of anilines is 1. The lowest BCUT2D eigenvalue weighted by Crippen LogP contribution is -2.63. The zero-order valence-electron chi connectivity index (χ0n) is 17.3. The Kier molecular flexibility index (Phi) is 6.23. The van der Waals surface area contributed by atoms with Gasteiger partial charge in [-0.1, -0.05) is 18.7 Å². The molecule has 3 heterocycles. The molecule has 1 fully saturated rings. The van der Waals surface area contributed by atoms with Crippen LogP contribution in [0.25, 0.3) is 0 Å². The van der Waals surface area contributed by atoms with E-state index in [0.717, 1.165) is 23.3 Å². The maximum Gasteiger partial charge on any atom is 0.353 e. The van der Waals surface area contributed by atoms with Gasteiger partial charge in [-0.3, -0.25) is 14.9 Å². The number of hydrogen-bond donors (Lipinski definition) is 4. The van der Waals surface area contributed by atoms with Crippen LogP contribution >= 0.6 is 23.3 Å². The van der Waals surface area contributed by atoms with E-state index < -0.39 is 18.0 Å². The van der Waals surface area contributed by atoms with E-state index in [1.165, 1.54) is 11.8 Å². The van der Waals surface area contributed by atoms with Crippen molar-refractivity contribution in [1.82, 2.24) is 19.6 Å². The molecule has 4 atom stereocenters. The van der Waals surface area contributed by atoms with Crippen LogP contribution in [0.5, 0.6) is 0 Å². The molecule has 0 bridgehead atoms. The molecule has 1 aromatic heterocycles. The summed E-state index contributed by atoms with van der Waals surface area (Å²) in [6.07, 6.45) is -0.856. The number of fused-ring (bicyclic) bond motifs is 1. The van der Waals surface area contributed by atoms with Crippen molar-refractivity contribution in [2.75, 3.05) is 11.9 Å². The van der Waals surface area contributed by atoms with Crippen molar-refractivity contribution in [1.29, 1.82) is 0 Å². The third-order valence-corrected chi connectivity index (χ3v) is 6.98. The molecular formula is C18H25N5O5S2. The zero-order valence-corrected chi connectivity index (χ0v) is 18.9. The molecule has 2 aliphatic heterocycles. The molecule has 0 spiro atoms. The van der Waals surface area contributed by atoms with E-state index >= 15 is 0 Å². The molecule has 164 valence electrons. The van der Waals surface area contributed by atoms with E-state index in [0.29, 0.717) is 9.24 Å². The van der Waals surface area contributed by atoms with Crippen LogP contribution < -0.4 is 10.6 Å². The van der Waals surface area contributed by atoms with Gasteiger partial charge in [0.2, 0.25) is 17.8 Å². The van der Waals surface area contributed by atoms with Crippen molar-refractivity contribution in [2.45, 2.75) is 56.6 Å². The summed E-state index contributed by atoms with van der Waals surface area (Å²) in [6, 6.07) is -0.387. The highest BCUT2D eigenvalue weighted by Gasteiger charge is 2.60. The lowest BCUT2D eigenvalue weighted by atomic mass is 9.79. The number of thioether (sulfide) groups is 1. The van der Waals surface area contributed by atoms with E-state index in [1.807, 2.05) is 27.7 Å². The summed E-state index contributed by atoms with van der Waals surface area (Å²) in [7, 11) is 0. The number of hydrogen-bond acceptors (Lipinski definition) is 9. The SMILES string of the molecule is C[C@@H](O)[C@H]1C(=O)N2C(C(=O)O)=C(Sc3nc(NC(=O)CNC(C)(C)C)ns3)[C@H](C)[C@H]12. The molecule has 0 unspecified atom stereocenters. The number of carboxylic acids is 1. The Bertz CT molecular complexity index is 907. The average molecular weight is 456 g/mol. The van der Waals surface area contributed by atoms with Gasteiger partial charge < -0.3 is 20.4 Å². The van der Waals surface area contributed by atoms with Crippen LogP contribution in [0.15, 0.2) is 14.9 Å². The normalized spacial score (nSPS) is 24.5. The number of amides is 2. The van der Waals surface area contributed by atoms with E-state index in [9.17, 15) is 24.6 Å². The van der Waals surface area contributed by atoms with E-state index in [2.05, 4.69) is 20.0 Å². The first-order chi connectivity index (χ1) is 13.9. The number of nitrogens with one attached hydrogen (secondary N) is 2. The van der Waals surface area contributed by atoms with Crippen LogP contribution in [-0.4, -0.2) is 66.5 Å². The Hall–Kier alpha value is -2.02. The van der Waals surface area contributed by atoms with Gasteiger partial charge in [0.25, 0.3) is 0 Å². The Morgan fingerprint density at radius 1 is 1.37 bits per heavy atom. The summed E-state index contributed by atoms with van der Waals surface area (Å²) in [6.45, 7) is 9.32. The lowest BCUT2D eigenvalue weighted by Gasteiger charge is -2.46. The van der Waals surface area contributed by atoms with Crippen LogP contribution in [0, 0.1) is 11.8 Å². The minimum absolute atomic E-state index is 0.0745. The lowest BCUT2D eigenvalue weighted by molar-refractivity contribution is -0.163. The second-order valence-corrected chi connectivity index (χ2v) is 10.5. The number of β-lactam (4-membered cyclic amide) rings is 1. The molecule has 0 aliphatic carbocycles. The van der Waals surface area contributed by atoms with E-state index in [-0.39, 0.29) is 47.5 Å². The molecule has 30 heavy (non-hydrogen) atoms. The number of carbonyl (C=O) groups excluding carboxylic acids is 2. The van der Waals surface area contributed by atoms with Gasteiger partial charge in [0.15, 0.2) is 4.34 Å². The van der Waals surface area contributed by atoms with Crippen LogP contribution in [-0.2, 0) is 14.4 Å². The first kappa shape index (κ1) is 22.7. The fraction of sp³-hybridized carbons (Fsp3) is 0.611. The molecule has 1 aromatic rings. The topological polar surface area (TPSA) is 145 Å². The number of aliphatic hydroxyl groups excluding tert-OH is 1. The molecule has 3 rings (SSSR count). The fourth-order valence-electron chi connectivity index (χ4n) is 3.57. The Labute approximate surface area is 182 Å². The smallest absolute Gasteiger partial charge is 0.353 e. The number of aliphatic hydroxyl groups is 1. The molecule has 12 heteroatoms. The molecule has 4 N–H and O–H groups in total. The van der Waals surface area contributed by atoms with Crippen molar-refractivity contribution in [3.8, 4) is 0 Å². The predicted molar refractivity (Wildman–Crippen MR) is 112 cm³/mol. The van der Waals surface area contributed by atoms with Gasteiger partial charge >= 0.3 is 5.97 Å². The minimum atomic E-state index is -1.20. The highest BCUT2D eigenvalue weighted by atomic mass is 32.2. The standard InChI is InChI=1S/C18H25N5O5S2/c1-7-11-10(8(2)24)14(26)23(11)12(15(27)28)13(7)29-17-21-16(22-30-17)20-9(25)6-19-18(3,4)5/h7-8,10-11,19,24H,6H2,1-5H3,(H,27,28)(H,20,22,25)/t7-,8-,10-,11-/m1/s1. The summed E-state index contributed by atoms with van der Waals surface area (Å²) in [5, 5.41) is 25.2. The van der Waals surface area contributed by atoms with Gasteiger partial charge in [-0.15, -0.1) is 0 Å².